The number of nitrogens with one attached hydrogen (secondary N) is 1. The molecule has 1 N–H and O–H groups in total. The van der Waals surface area contributed by atoms with Gasteiger partial charge in [-0.1, -0.05) is 35.9 Å². The van der Waals surface area contributed by atoms with Crippen LogP contribution in [0.15, 0.2) is 66.2 Å². The summed E-state index contributed by atoms with van der Waals surface area (Å²) in [5.41, 5.74) is 0.845. The molecule has 3 aromatic rings. The number of rotatable bonds is 7. The van der Waals surface area contributed by atoms with Crippen LogP contribution in [0.1, 0.15) is 11.1 Å². The van der Waals surface area contributed by atoms with Crippen molar-refractivity contribution in [3.63, 3.8) is 0 Å². The number of carbonyl (C=O) groups excluding carboxylic acids is 3. The molecule has 1 aliphatic rings. The zero-order chi connectivity index (χ0) is 26.7. The molecule has 0 saturated carbocycles. The van der Waals surface area contributed by atoms with Crippen molar-refractivity contribution in [2.24, 2.45) is 0 Å². The maximum atomic E-state index is 13.2. The Bertz CT molecular complexity index is 1470. The Hall–Kier alpha value is -3.97. The largest absolute Gasteiger partial charge is 0.493 e. The second kappa shape index (κ2) is 11.0. The van der Waals surface area contributed by atoms with Crippen LogP contribution in [-0.2, 0) is 16.2 Å². The summed E-state index contributed by atoms with van der Waals surface area (Å²) in [7, 11) is 1.43. The maximum absolute atomic E-state index is 13.2. The molecule has 4 amide bonds. The highest BCUT2D eigenvalue weighted by atomic mass is 127. The fraction of sp³-hybridized carbons (Fsp3) is 0.0800. The first-order chi connectivity index (χ1) is 17.7. The molecule has 0 aromatic heterocycles. The van der Waals surface area contributed by atoms with Crippen LogP contribution < -0.4 is 19.7 Å². The third-order valence-corrected chi connectivity index (χ3v) is 6.38. The number of ether oxygens (including phenoxy) is 2. The Balaban J connectivity index is 1.64. The van der Waals surface area contributed by atoms with Gasteiger partial charge in [0.25, 0.3) is 17.5 Å². The second-order valence-corrected chi connectivity index (χ2v) is 9.23. The van der Waals surface area contributed by atoms with E-state index in [2.05, 4.69) is 5.32 Å². The molecule has 37 heavy (non-hydrogen) atoms. The van der Waals surface area contributed by atoms with E-state index in [4.69, 9.17) is 21.1 Å². The van der Waals surface area contributed by atoms with Crippen LogP contribution in [0, 0.1) is 13.7 Å². The number of para-hydroxylation sites is 1. The van der Waals surface area contributed by atoms with E-state index in [1.54, 1.807) is 36.4 Å². The molecule has 10 nitrogen and oxygen atoms in total. The minimum Gasteiger partial charge on any atom is -0.493 e. The number of methoxy groups -OCH3 is 1. The van der Waals surface area contributed by atoms with Crippen molar-refractivity contribution < 1.29 is 28.8 Å². The first-order valence-corrected chi connectivity index (χ1v) is 12.0. The first-order valence-electron chi connectivity index (χ1n) is 10.6. The molecule has 1 saturated heterocycles. The van der Waals surface area contributed by atoms with Gasteiger partial charge >= 0.3 is 6.03 Å². The van der Waals surface area contributed by atoms with Gasteiger partial charge in [-0.2, -0.15) is 0 Å². The number of non-ortho nitro benzene ring substituents is 1. The summed E-state index contributed by atoms with van der Waals surface area (Å²) in [6.07, 6.45) is 1.34. The van der Waals surface area contributed by atoms with Gasteiger partial charge in [0.05, 0.1) is 26.3 Å². The predicted molar refractivity (Wildman–Crippen MR) is 144 cm³/mol. The number of nitro benzene ring substituents is 1. The zero-order valence-electron chi connectivity index (χ0n) is 19.1. The number of benzene rings is 3. The SMILES string of the molecule is COc1cc(/C=C2\C(=O)NC(=O)N(c3ccccc3Cl)C2=O)cc(I)c1OCc1cccc([N+](=O)[O-])c1. The van der Waals surface area contributed by atoms with E-state index in [1.807, 2.05) is 22.6 Å². The Morgan fingerprint density at radius 1 is 1.11 bits per heavy atom. The molecule has 0 atom stereocenters. The molecule has 0 unspecified atom stereocenters. The molecule has 4 rings (SSSR count). The minimum atomic E-state index is -0.905. The summed E-state index contributed by atoms with van der Waals surface area (Å²) >= 11 is 8.18. The lowest BCUT2D eigenvalue weighted by atomic mass is 10.1. The van der Waals surface area contributed by atoms with Crippen molar-refractivity contribution in [2.45, 2.75) is 6.61 Å². The number of nitrogens with zero attached hydrogens (tertiary/aromatic N) is 2. The van der Waals surface area contributed by atoms with Crippen molar-refractivity contribution >= 4 is 69.5 Å². The monoisotopic (exact) mass is 633 g/mol. The number of halogens is 2. The van der Waals surface area contributed by atoms with E-state index in [0.29, 0.717) is 26.2 Å². The van der Waals surface area contributed by atoms with Gasteiger partial charge in [0.2, 0.25) is 0 Å². The van der Waals surface area contributed by atoms with Crippen LogP contribution in [0.4, 0.5) is 16.2 Å². The molecule has 1 aliphatic heterocycles. The molecule has 0 bridgehead atoms. The number of imide groups is 2. The second-order valence-electron chi connectivity index (χ2n) is 7.66. The van der Waals surface area contributed by atoms with Gasteiger partial charge in [0, 0.05) is 12.1 Å². The number of urea groups is 1. The molecule has 0 radical (unpaired) electrons. The standard InChI is InChI=1S/C25H17ClIN3O7/c1-36-21-12-15(11-19(27)22(21)37-13-14-5-4-6-16(9-14)30(34)35)10-17-23(31)28-25(33)29(24(17)32)20-8-3-2-7-18(20)26/h2-12H,13H2,1H3,(H,28,31,33)/b17-10+. The average Bonchev–Trinajstić information content (AvgIpc) is 2.86. The van der Waals surface area contributed by atoms with Gasteiger partial charge in [0.1, 0.15) is 12.2 Å². The smallest absolute Gasteiger partial charge is 0.335 e. The number of barbiturate groups is 1. The van der Waals surface area contributed by atoms with Crippen molar-refractivity contribution in [2.75, 3.05) is 12.0 Å². The number of hydrogen-bond acceptors (Lipinski definition) is 7. The normalized spacial score (nSPS) is 14.5. The molecule has 0 spiro atoms. The van der Waals surface area contributed by atoms with Crippen LogP contribution in [0.25, 0.3) is 6.08 Å². The lowest BCUT2D eigenvalue weighted by Gasteiger charge is -2.27. The number of hydrogen-bond donors (Lipinski definition) is 1. The molecule has 3 aromatic carbocycles. The van der Waals surface area contributed by atoms with Crippen molar-refractivity contribution in [3.8, 4) is 11.5 Å². The van der Waals surface area contributed by atoms with E-state index < -0.39 is 22.8 Å². The molecular weight excluding hydrogens is 617 g/mol. The number of nitro groups is 1. The summed E-state index contributed by atoms with van der Waals surface area (Å²) in [6, 6.07) is 14.7. The highest BCUT2D eigenvalue weighted by molar-refractivity contribution is 14.1. The average molecular weight is 634 g/mol. The fourth-order valence-corrected chi connectivity index (χ4v) is 4.56. The van der Waals surface area contributed by atoms with E-state index in [9.17, 15) is 24.5 Å². The van der Waals surface area contributed by atoms with Crippen molar-refractivity contribution in [3.05, 3.63) is 96.1 Å². The van der Waals surface area contributed by atoms with Crippen molar-refractivity contribution in [1.29, 1.82) is 0 Å². The molecule has 188 valence electrons. The van der Waals surface area contributed by atoms with Crippen molar-refractivity contribution in [1.82, 2.24) is 5.32 Å². The van der Waals surface area contributed by atoms with E-state index >= 15 is 0 Å². The topological polar surface area (TPSA) is 128 Å². The molecule has 12 heteroatoms. The quantitative estimate of drug-likeness (QED) is 0.126. The minimum absolute atomic E-state index is 0.0459. The summed E-state index contributed by atoms with van der Waals surface area (Å²) in [5.74, 6) is -0.990. The fourth-order valence-electron chi connectivity index (χ4n) is 3.55. The predicted octanol–water partition coefficient (Wildman–Crippen LogP) is 5.11. The van der Waals surface area contributed by atoms with Gasteiger partial charge in [-0.15, -0.1) is 0 Å². The van der Waals surface area contributed by atoms with Crippen LogP contribution in [0.5, 0.6) is 11.5 Å². The van der Waals surface area contributed by atoms with Crippen LogP contribution in [0.2, 0.25) is 5.02 Å². The van der Waals surface area contributed by atoms with Gasteiger partial charge in [-0.25, -0.2) is 9.69 Å². The Morgan fingerprint density at radius 2 is 1.86 bits per heavy atom. The van der Waals surface area contributed by atoms with E-state index in [1.165, 1.54) is 37.5 Å². The number of amides is 4. The highest BCUT2D eigenvalue weighted by Gasteiger charge is 2.37. The molecule has 0 aliphatic carbocycles. The molecule has 1 heterocycles. The highest BCUT2D eigenvalue weighted by Crippen LogP contribution is 2.36. The summed E-state index contributed by atoms with van der Waals surface area (Å²) < 4.78 is 11.9. The van der Waals surface area contributed by atoms with Crippen LogP contribution in [0.3, 0.4) is 0 Å². The summed E-state index contributed by atoms with van der Waals surface area (Å²) in [4.78, 5) is 49.5. The zero-order valence-corrected chi connectivity index (χ0v) is 22.0. The van der Waals surface area contributed by atoms with Gasteiger partial charge in [0.15, 0.2) is 11.5 Å². The first kappa shape index (κ1) is 26.1. The lowest BCUT2D eigenvalue weighted by molar-refractivity contribution is -0.384. The lowest BCUT2D eigenvalue weighted by Crippen LogP contribution is -2.54. The number of anilines is 1. The van der Waals surface area contributed by atoms with Gasteiger partial charge in [-0.3, -0.25) is 25.0 Å². The van der Waals surface area contributed by atoms with Crippen LogP contribution >= 0.6 is 34.2 Å². The summed E-state index contributed by atoms with van der Waals surface area (Å²) in [5, 5.41) is 13.3. The maximum Gasteiger partial charge on any atom is 0.335 e. The number of carbonyl (C=O) groups is 3. The van der Waals surface area contributed by atoms with E-state index in [0.717, 1.165) is 4.90 Å². The molecular formula is C25H17ClIN3O7. The summed E-state index contributed by atoms with van der Waals surface area (Å²) in [6.45, 7) is 0.0459. The van der Waals surface area contributed by atoms with Crippen LogP contribution in [-0.4, -0.2) is 29.9 Å². The van der Waals surface area contributed by atoms with Gasteiger partial charge in [-0.05, 0) is 64.1 Å². The Morgan fingerprint density at radius 3 is 2.57 bits per heavy atom. The Kier molecular flexibility index (Phi) is 7.74. The van der Waals surface area contributed by atoms with Gasteiger partial charge < -0.3 is 9.47 Å². The third-order valence-electron chi connectivity index (χ3n) is 5.26. The third kappa shape index (κ3) is 5.57. The molecule has 1 fully saturated rings. The Labute approximate surface area is 229 Å². The van der Waals surface area contributed by atoms with E-state index in [-0.39, 0.29) is 28.6 Å².